The van der Waals surface area contributed by atoms with Crippen LogP contribution in [0.5, 0.6) is 0 Å². The van der Waals surface area contributed by atoms with Gasteiger partial charge in [0.1, 0.15) is 11.3 Å². The minimum Gasteiger partial charge on any atom is -0.375 e. The quantitative estimate of drug-likeness (QED) is 0.297. The molecule has 160 valence electrons. The predicted molar refractivity (Wildman–Crippen MR) is 125 cm³/mol. The van der Waals surface area contributed by atoms with Crippen LogP contribution in [-0.4, -0.2) is 30.8 Å². The highest BCUT2D eigenvalue weighted by Gasteiger charge is 2.32. The lowest BCUT2D eigenvalue weighted by Crippen LogP contribution is -2.27. The number of benzene rings is 2. The number of anilines is 1. The van der Waals surface area contributed by atoms with Crippen molar-refractivity contribution in [2.75, 3.05) is 11.9 Å². The number of halogens is 3. The number of hydrogen-bond acceptors (Lipinski definition) is 4. The third kappa shape index (κ3) is 4.77. The lowest BCUT2D eigenvalue weighted by atomic mass is 10.2. The molecular weight excluding hydrogens is 459 g/mol. The van der Waals surface area contributed by atoms with Gasteiger partial charge < -0.3 is 14.6 Å². The van der Waals surface area contributed by atoms with E-state index in [0.29, 0.717) is 30.8 Å². The Kier molecular flexibility index (Phi) is 6.34. The van der Waals surface area contributed by atoms with Gasteiger partial charge in [-0.05, 0) is 18.6 Å². The van der Waals surface area contributed by atoms with Gasteiger partial charge in [-0.1, -0.05) is 83.3 Å². The molecule has 1 N–H and O–H groups in total. The second-order valence-corrected chi connectivity index (χ2v) is 9.26. The molecule has 2 heterocycles. The monoisotopic (exact) mass is 476 g/mol. The molecular formula is C22H19Cl3N4O2. The lowest BCUT2D eigenvalue weighted by molar-refractivity contribution is -0.115. The van der Waals surface area contributed by atoms with Crippen molar-refractivity contribution in [2.24, 2.45) is 0 Å². The lowest BCUT2D eigenvalue weighted by Gasteiger charge is -2.13. The summed E-state index contributed by atoms with van der Waals surface area (Å²) in [7, 11) is 0. The molecule has 0 atom stereocenters. The number of carbonyl (C=O) groups excluding carboxylic acids is 1. The molecule has 4 aromatic rings. The van der Waals surface area contributed by atoms with Gasteiger partial charge in [-0.25, -0.2) is 9.97 Å². The Balaban J connectivity index is 1.67. The van der Waals surface area contributed by atoms with Crippen LogP contribution in [0.3, 0.4) is 0 Å². The number of ether oxygens (including phenoxy) is 1. The first kappa shape index (κ1) is 21.8. The van der Waals surface area contributed by atoms with Gasteiger partial charge in [-0.3, -0.25) is 4.79 Å². The number of hydrogen-bond donors (Lipinski definition) is 1. The average molecular weight is 478 g/mol. The van der Waals surface area contributed by atoms with E-state index in [9.17, 15) is 4.79 Å². The standard InChI is InChI=1S/C22H19Cl3N4O2/c1-14-26-18-19(29(14)11-12-31-13-15-7-3-2-4-8-15)16-9-5-6-10-17(16)27-20(18)28-21(30)22(23,24)25/h2-10H,11-13H2,1H3,(H,27,28,30). The number of rotatable bonds is 6. The summed E-state index contributed by atoms with van der Waals surface area (Å²) in [5, 5.41) is 3.50. The first-order valence-corrected chi connectivity index (χ1v) is 10.7. The molecule has 2 aromatic heterocycles. The Morgan fingerprint density at radius 3 is 2.52 bits per heavy atom. The van der Waals surface area contributed by atoms with Gasteiger partial charge in [0.25, 0.3) is 9.70 Å². The van der Waals surface area contributed by atoms with Crippen molar-refractivity contribution in [3.8, 4) is 0 Å². The number of aromatic nitrogens is 3. The minimum absolute atomic E-state index is 0.247. The third-order valence-corrected chi connectivity index (χ3v) is 5.35. The molecule has 6 nitrogen and oxygen atoms in total. The minimum atomic E-state index is -2.11. The van der Waals surface area contributed by atoms with Crippen molar-refractivity contribution in [1.82, 2.24) is 14.5 Å². The van der Waals surface area contributed by atoms with E-state index in [1.165, 1.54) is 0 Å². The molecule has 0 radical (unpaired) electrons. The fourth-order valence-corrected chi connectivity index (χ4v) is 3.55. The van der Waals surface area contributed by atoms with Gasteiger partial charge in [0.15, 0.2) is 5.82 Å². The number of aryl methyl sites for hydroxylation is 1. The molecule has 31 heavy (non-hydrogen) atoms. The van der Waals surface area contributed by atoms with Crippen LogP contribution in [0, 0.1) is 6.92 Å². The summed E-state index contributed by atoms with van der Waals surface area (Å²) in [6.45, 7) is 3.50. The Morgan fingerprint density at radius 2 is 1.77 bits per heavy atom. The van der Waals surface area contributed by atoms with E-state index in [2.05, 4.69) is 19.9 Å². The Bertz CT molecular complexity index is 1240. The Hall–Kier alpha value is -2.38. The molecule has 0 aliphatic carbocycles. The molecule has 0 spiro atoms. The number of carbonyl (C=O) groups is 1. The number of fused-ring (bicyclic) bond motifs is 3. The number of alkyl halides is 3. The highest BCUT2D eigenvalue weighted by atomic mass is 35.6. The molecule has 0 unspecified atom stereocenters. The van der Waals surface area contributed by atoms with Crippen LogP contribution in [0.15, 0.2) is 54.6 Å². The van der Waals surface area contributed by atoms with Gasteiger partial charge in [-0.2, -0.15) is 0 Å². The summed E-state index contributed by atoms with van der Waals surface area (Å²) in [4.78, 5) is 21.4. The van der Waals surface area contributed by atoms with Crippen LogP contribution in [0.4, 0.5) is 5.82 Å². The zero-order valence-electron chi connectivity index (χ0n) is 16.6. The molecule has 1 amide bonds. The normalized spacial score (nSPS) is 11.9. The van der Waals surface area contributed by atoms with Crippen molar-refractivity contribution >= 4 is 68.5 Å². The summed E-state index contributed by atoms with van der Waals surface area (Å²) in [5.41, 5.74) is 3.18. The molecule has 0 fully saturated rings. The summed E-state index contributed by atoms with van der Waals surface area (Å²) in [6, 6.07) is 17.6. The van der Waals surface area contributed by atoms with Crippen molar-refractivity contribution in [1.29, 1.82) is 0 Å². The number of nitrogens with zero attached hydrogens (tertiary/aromatic N) is 3. The number of imidazole rings is 1. The molecule has 4 rings (SSSR count). The van der Waals surface area contributed by atoms with Gasteiger partial charge in [0, 0.05) is 11.9 Å². The van der Waals surface area contributed by atoms with Gasteiger partial charge >= 0.3 is 0 Å². The second kappa shape index (κ2) is 9.01. The van der Waals surface area contributed by atoms with E-state index in [-0.39, 0.29) is 5.82 Å². The molecule has 0 saturated heterocycles. The molecule has 2 aromatic carbocycles. The summed E-state index contributed by atoms with van der Waals surface area (Å²) in [5.74, 6) is 0.220. The Labute approximate surface area is 194 Å². The van der Waals surface area contributed by atoms with Gasteiger partial charge in [0.05, 0.1) is 24.2 Å². The van der Waals surface area contributed by atoms with E-state index in [0.717, 1.165) is 22.3 Å². The number of nitrogens with one attached hydrogen (secondary N) is 1. The van der Waals surface area contributed by atoms with Crippen LogP contribution in [0.1, 0.15) is 11.4 Å². The number of pyridine rings is 1. The van der Waals surface area contributed by atoms with Crippen LogP contribution in [0.2, 0.25) is 0 Å². The van der Waals surface area contributed by atoms with E-state index in [1.807, 2.05) is 61.5 Å². The summed E-state index contributed by atoms with van der Waals surface area (Å²) in [6.07, 6.45) is 0. The first-order valence-electron chi connectivity index (χ1n) is 9.60. The van der Waals surface area contributed by atoms with Crippen molar-refractivity contribution < 1.29 is 9.53 Å². The predicted octanol–water partition coefficient (Wildman–Crippen LogP) is 5.42. The highest BCUT2D eigenvalue weighted by Crippen LogP contribution is 2.32. The molecule has 0 aliphatic rings. The third-order valence-electron chi connectivity index (χ3n) is 4.83. The largest absolute Gasteiger partial charge is 0.375 e. The van der Waals surface area contributed by atoms with E-state index < -0.39 is 9.70 Å². The van der Waals surface area contributed by atoms with E-state index in [4.69, 9.17) is 39.5 Å². The SMILES string of the molecule is Cc1nc2c(NC(=O)C(Cl)(Cl)Cl)nc3ccccc3c2n1CCOCc1ccccc1. The zero-order chi connectivity index (χ0) is 22.0. The van der Waals surface area contributed by atoms with Crippen LogP contribution >= 0.6 is 34.8 Å². The zero-order valence-corrected chi connectivity index (χ0v) is 18.9. The van der Waals surface area contributed by atoms with Crippen molar-refractivity contribution in [2.45, 2.75) is 23.9 Å². The van der Waals surface area contributed by atoms with Crippen molar-refractivity contribution in [3.63, 3.8) is 0 Å². The molecule has 9 heteroatoms. The van der Waals surface area contributed by atoms with Crippen LogP contribution < -0.4 is 5.32 Å². The maximum Gasteiger partial charge on any atom is 0.277 e. The van der Waals surface area contributed by atoms with Crippen LogP contribution in [-0.2, 0) is 22.7 Å². The van der Waals surface area contributed by atoms with Crippen molar-refractivity contribution in [3.05, 3.63) is 66.0 Å². The fraction of sp³-hybridized carbons (Fsp3) is 0.227. The average Bonchev–Trinajstić information content (AvgIpc) is 3.08. The summed E-state index contributed by atoms with van der Waals surface area (Å²) < 4.78 is 5.80. The Morgan fingerprint density at radius 1 is 1.06 bits per heavy atom. The molecule has 0 aliphatic heterocycles. The van der Waals surface area contributed by atoms with E-state index in [1.54, 1.807) is 0 Å². The first-order chi connectivity index (χ1) is 14.8. The number of amides is 1. The smallest absolute Gasteiger partial charge is 0.277 e. The van der Waals surface area contributed by atoms with Gasteiger partial charge in [-0.15, -0.1) is 0 Å². The highest BCUT2D eigenvalue weighted by molar-refractivity contribution is 6.76. The molecule has 0 bridgehead atoms. The van der Waals surface area contributed by atoms with Crippen LogP contribution in [0.25, 0.3) is 21.9 Å². The molecule has 0 saturated carbocycles. The second-order valence-electron chi connectivity index (χ2n) is 6.98. The van der Waals surface area contributed by atoms with E-state index >= 15 is 0 Å². The summed E-state index contributed by atoms with van der Waals surface area (Å²) >= 11 is 17.2. The maximum absolute atomic E-state index is 12.2. The topological polar surface area (TPSA) is 69.0 Å². The fourth-order valence-electron chi connectivity index (χ4n) is 3.41. The number of para-hydroxylation sites is 1. The maximum atomic E-state index is 12.2. The van der Waals surface area contributed by atoms with Gasteiger partial charge in [0.2, 0.25) is 0 Å².